The number of ether oxygens (including phenoxy) is 1. The van der Waals surface area contributed by atoms with E-state index in [0.717, 1.165) is 24.2 Å². The number of carbonyl (C=O) groups is 1. The van der Waals surface area contributed by atoms with Crippen LogP contribution in [0.2, 0.25) is 0 Å². The third-order valence-corrected chi connectivity index (χ3v) is 3.92. The van der Waals surface area contributed by atoms with Crippen molar-refractivity contribution >= 4 is 23.4 Å². The van der Waals surface area contributed by atoms with E-state index in [1.54, 1.807) is 12.1 Å². The van der Waals surface area contributed by atoms with Crippen LogP contribution in [0.1, 0.15) is 23.7 Å². The van der Waals surface area contributed by atoms with E-state index in [1.165, 1.54) is 7.11 Å². The van der Waals surface area contributed by atoms with Crippen LogP contribution < -0.4 is 10.6 Å². The summed E-state index contributed by atoms with van der Waals surface area (Å²) in [6, 6.07) is 18.9. The number of methoxy groups -OCH3 is 1. The summed E-state index contributed by atoms with van der Waals surface area (Å²) >= 11 is 0. The highest BCUT2D eigenvalue weighted by Crippen LogP contribution is 2.25. The average Bonchev–Trinajstić information content (AvgIpc) is 2.72. The van der Waals surface area contributed by atoms with E-state index >= 15 is 0 Å². The molecule has 0 fully saturated rings. The second-order valence-electron chi connectivity index (χ2n) is 5.92. The van der Waals surface area contributed by atoms with E-state index in [0.29, 0.717) is 23.0 Å². The number of rotatable bonds is 7. The molecular formula is C21H22N4O2. The molecule has 0 bridgehead atoms. The number of hydrogen-bond donors (Lipinski definition) is 2. The minimum Gasteiger partial charge on any atom is -0.465 e. The van der Waals surface area contributed by atoms with Gasteiger partial charge in [-0.25, -0.2) is 9.78 Å². The van der Waals surface area contributed by atoms with Crippen LogP contribution in [0.3, 0.4) is 0 Å². The molecule has 6 heteroatoms. The summed E-state index contributed by atoms with van der Waals surface area (Å²) in [5, 5.41) is 6.45. The van der Waals surface area contributed by atoms with Gasteiger partial charge in [0.25, 0.3) is 0 Å². The molecule has 1 aromatic heterocycles. The molecule has 0 amide bonds. The lowest BCUT2D eigenvalue weighted by Gasteiger charge is -2.13. The maximum absolute atomic E-state index is 12.0. The van der Waals surface area contributed by atoms with Gasteiger partial charge in [-0.2, -0.15) is 4.98 Å². The van der Waals surface area contributed by atoms with Crippen LogP contribution in [-0.4, -0.2) is 29.6 Å². The molecule has 1 heterocycles. The number of para-hydroxylation sites is 1. The topological polar surface area (TPSA) is 76.1 Å². The molecule has 3 rings (SSSR count). The van der Waals surface area contributed by atoms with E-state index in [4.69, 9.17) is 4.74 Å². The first kappa shape index (κ1) is 18.4. The maximum atomic E-state index is 12.0. The van der Waals surface area contributed by atoms with Gasteiger partial charge < -0.3 is 15.4 Å². The molecule has 27 heavy (non-hydrogen) atoms. The van der Waals surface area contributed by atoms with E-state index in [1.807, 2.05) is 48.5 Å². The summed E-state index contributed by atoms with van der Waals surface area (Å²) in [7, 11) is 1.37. The first-order chi connectivity index (χ1) is 13.2. The zero-order chi connectivity index (χ0) is 19.1. The van der Waals surface area contributed by atoms with Gasteiger partial charge in [-0.1, -0.05) is 49.4 Å². The number of hydrogen-bond acceptors (Lipinski definition) is 6. The van der Waals surface area contributed by atoms with Gasteiger partial charge >= 0.3 is 5.97 Å². The van der Waals surface area contributed by atoms with Crippen LogP contribution in [-0.2, 0) is 4.74 Å². The first-order valence-electron chi connectivity index (χ1n) is 8.84. The molecule has 0 saturated heterocycles. The minimum absolute atomic E-state index is 0.403. The van der Waals surface area contributed by atoms with Gasteiger partial charge in [-0.05, 0) is 18.6 Å². The highest BCUT2D eigenvalue weighted by molar-refractivity contribution is 5.96. The lowest BCUT2D eigenvalue weighted by molar-refractivity contribution is 0.0602. The Kier molecular flexibility index (Phi) is 5.99. The van der Waals surface area contributed by atoms with E-state index < -0.39 is 5.97 Å². The summed E-state index contributed by atoms with van der Waals surface area (Å²) < 4.78 is 4.86. The Bertz CT molecular complexity index is 913. The Morgan fingerprint density at radius 3 is 2.52 bits per heavy atom. The van der Waals surface area contributed by atoms with Crippen LogP contribution in [0.15, 0.2) is 60.7 Å². The largest absolute Gasteiger partial charge is 0.465 e. The van der Waals surface area contributed by atoms with Crippen LogP contribution in [0.5, 0.6) is 0 Å². The smallest absolute Gasteiger partial charge is 0.339 e. The summed E-state index contributed by atoms with van der Waals surface area (Å²) in [6.07, 6.45) is 0.965. The fraction of sp³-hybridized carbons (Fsp3) is 0.190. The van der Waals surface area contributed by atoms with Crippen LogP contribution in [0, 0.1) is 0 Å². The fourth-order valence-corrected chi connectivity index (χ4v) is 2.60. The monoisotopic (exact) mass is 362 g/mol. The van der Waals surface area contributed by atoms with E-state index in [9.17, 15) is 4.79 Å². The third-order valence-electron chi connectivity index (χ3n) is 3.92. The van der Waals surface area contributed by atoms with Crippen LogP contribution >= 0.6 is 0 Å². The molecule has 0 radical (unpaired) electrons. The zero-order valence-corrected chi connectivity index (χ0v) is 15.4. The summed E-state index contributed by atoms with van der Waals surface area (Å²) in [5.74, 6) is 0.731. The molecule has 2 aromatic carbocycles. The SMILES string of the molecule is CCCNc1nc(Nc2ccccc2C(=O)OC)cc(-c2ccccc2)n1. The molecule has 2 N–H and O–H groups in total. The highest BCUT2D eigenvalue weighted by atomic mass is 16.5. The summed E-state index contributed by atoms with van der Waals surface area (Å²) in [5.41, 5.74) is 2.86. The van der Waals surface area contributed by atoms with Crippen molar-refractivity contribution in [1.82, 2.24) is 9.97 Å². The van der Waals surface area contributed by atoms with Gasteiger partial charge in [-0.15, -0.1) is 0 Å². The molecule has 0 aliphatic carbocycles. The molecular weight excluding hydrogens is 340 g/mol. The predicted octanol–water partition coefficient (Wildman–Crippen LogP) is 4.50. The van der Waals surface area contributed by atoms with E-state index in [2.05, 4.69) is 27.5 Å². The Hall–Kier alpha value is -3.41. The van der Waals surface area contributed by atoms with Gasteiger partial charge in [0.2, 0.25) is 5.95 Å². The van der Waals surface area contributed by atoms with Crippen molar-refractivity contribution < 1.29 is 9.53 Å². The van der Waals surface area contributed by atoms with Crippen LogP contribution in [0.4, 0.5) is 17.5 Å². The molecule has 0 atom stereocenters. The number of anilines is 3. The van der Waals surface area contributed by atoms with Crippen molar-refractivity contribution in [1.29, 1.82) is 0 Å². The molecule has 0 spiro atoms. The standard InChI is InChI=1S/C21H22N4O2/c1-3-13-22-21-24-18(15-9-5-4-6-10-15)14-19(25-21)23-17-12-8-7-11-16(17)20(26)27-2/h4-12,14H,3,13H2,1-2H3,(H2,22,23,24,25). The molecule has 6 nitrogen and oxygen atoms in total. The maximum Gasteiger partial charge on any atom is 0.339 e. The van der Waals surface area contributed by atoms with Crippen molar-refractivity contribution in [2.45, 2.75) is 13.3 Å². The lowest BCUT2D eigenvalue weighted by Crippen LogP contribution is -2.09. The van der Waals surface area contributed by atoms with Gasteiger partial charge in [0, 0.05) is 18.2 Å². The highest BCUT2D eigenvalue weighted by Gasteiger charge is 2.13. The molecule has 0 aliphatic heterocycles. The summed E-state index contributed by atoms with van der Waals surface area (Å²) in [6.45, 7) is 2.86. The number of nitrogens with one attached hydrogen (secondary N) is 2. The predicted molar refractivity (Wildman–Crippen MR) is 107 cm³/mol. The number of carbonyl (C=O) groups excluding carboxylic acids is 1. The van der Waals surface area contributed by atoms with Crippen molar-refractivity contribution in [2.24, 2.45) is 0 Å². The van der Waals surface area contributed by atoms with Crippen molar-refractivity contribution in [3.8, 4) is 11.3 Å². The number of benzene rings is 2. The molecule has 0 unspecified atom stereocenters. The first-order valence-corrected chi connectivity index (χ1v) is 8.84. The van der Waals surface area contributed by atoms with E-state index in [-0.39, 0.29) is 0 Å². The van der Waals surface area contributed by atoms with Gasteiger partial charge in [0.15, 0.2) is 0 Å². The van der Waals surface area contributed by atoms with Crippen LogP contribution in [0.25, 0.3) is 11.3 Å². The Labute approximate surface area is 158 Å². The van der Waals surface area contributed by atoms with Gasteiger partial charge in [0.1, 0.15) is 5.82 Å². The normalized spacial score (nSPS) is 10.3. The second kappa shape index (κ2) is 8.80. The summed E-state index contributed by atoms with van der Waals surface area (Å²) in [4.78, 5) is 21.1. The van der Waals surface area contributed by atoms with Crippen molar-refractivity contribution in [3.63, 3.8) is 0 Å². The van der Waals surface area contributed by atoms with Crippen molar-refractivity contribution in [2.75, 3.05) is 24.3 Å². The number of nitrogens with zero attached hydrogens (tertiary/aromatic N) is 2. The molecule has 138 valence electrons. The molecule has 0 saturated carbocycles. The third kappa shape index (κ3) is 4.61. The van der Waals surface area contributed by atoms with Gasteiger partial charge in [-0.3, -0.25) is 0 Å². The molecule has 3 aromatic rings. The molecule has 0 aliphatic rings. The zero-order valence-electron chi connectivity index (χ0n) is 15.4. The number of esters is 1. The second-order valence-corrected chi connectivity index (χ2v) is 5.92. The Morgan fingerprint density at radius 1 is 1.04 bits per heavy atom. The quantitative estimate of drug-likeness (QED) is 0.603. The average molecular weight is 362 g/mol. The fourth-order valence-electron chi connectivity index (χ4n) is 2.60. The Morgan fingerprint density at radius 2 is 1.78 bits per heavy atom. The Balaban J connectivity index is 1.99. The lowest BCUT2D eigenvalue weighted by atomic mass is 10.1. The van der Waals surface area contributed by atoms with Gasteiger partial charge in [0.05, 0.1) is 24.1 Å². The minimum atomic E-state index is -0.403. The number of aromatic nitrogens is 2. The van der Waals surface area contributed by atoms with Crippen molar-refractivity contribution in [3.05, 3.63) is 66.2 Å².